The van der Waals surface area contributed by atoms with E-state index in [9.17, 15) is 9.59 Å². The van der Waals surface area contributed by atoms with E-state index in [0.29, 0.717) is 23.7 Å². The summed E-state index contributed by atoms with van der Waals surface area (Å²) in [6.45, 7) is 2.91. The Hall–Kier alpha value is -4.17. The highest BCUT2D eigenvalue weighted by molar-refractivity contribution is 5.91. The number of aryl methyl sites for hydroxylation is 1. The van der Waals surface area contributed by atoms with Crippen molar-refractivity contribution in [3.05, 3.63) is 100 Å². The molecular weight excluding hydrogens is 468 g/mol. The van der Waals surface area contributed by atoms with E-state index in [0.717, 1.165) is 16.6 Å². The molecule has 4 aromatic rings. The highest BCUT2D eigenvalue weighted by Crippen LogP contribution is 2.27. The molecular formula is C29H32N4O4. The van der Waals surface area contributed by atoms with Gasteiger partial charge in [-0.05, 0) is 36.8 Å². The van der Waals surface area contributed by atoms with Gasteiger partial charge in [0.15, 0.2) is 0 Å². The smallest absolute Gasteiger partial charge is 0.322 e. The van der Waals surface area contributed by atoms with Gasteiger partial charge in [0.25, 0.3) is 5.56 Å². The largest absolute Gasteiger partial charge is 0.492 e. The minimum atomic E-state index is -0.380. The fraction of sp³-hybridized carbons (Fsp3) is 0.276. The molecule has 1 atom stereocenters. The van der Waals surface area contributed by atoms with Crippen LogP contribution in [-0.4, -0.2) is 47.4 Å². The van der Waals surface area contributed by atoms with Gasteiger partial charge in [-0.3, -0.25) is 4.79 Å². The zero-order valence-corrected chi connectivity index (χ0v) is 21.4. The number of fused-ring (bicyclic) bond motifs is 1. The number of benzene rings is 3. The lowest BCUT2D eigenvalue weighted by Gasteiger charge is -2.32. The summed E-state index contributed by atoms with van der Waals surface area (Å²) in [5.74, 6) is 0.589. The van der Waals surface area contributed by atoms with Crippen molar-refractivity contribution in [2.45, 2.75) is 19.4 Å². The summed E-state index contributed by atoms with van der Waals surface area (Å²) in [7, 11) is 3.35. The van der Waals surface area contributed by atoms with Crippen LogP contribution in [0.15, 0.2) is 83.7 Å². The topological polar surface area (TPSA) is 85.7 Å². The van der Waals surface area contributed by atoms with E-state index in [1.165, 1.54) is 0 Å². The molecule has 37 heavy (non-hydrogen) atoms. The Morgan fingerprint density at radius 1 is 1.03 bits per heavy atom. The van der Waals surface area contributed by atoms with Gasteiger partial charge in [0.1, 0.15) is 11.4 Å². The first-order valence-electron chi connectivity index (χ1n) is 12.3. The number of rotatable bonds is 10. The number of anilines is 1. The minimum absolute atomic E-state index is 0.177. The summed E-state index contributed by atoms with van der Waals surface area (Å²) in [5.41, 5.74) is 3.22. The van der Waals surface area contributed by atoms with Crippen molar-refractivity contribution in [1.82, 2.24) is 14.5 Å². The second-order valence-corrected chi connectivity index (χ2v) is 8.60. The third kappa shape index (κ3) is 5.98. The molecule has 1 heterocycles. The quantitative estimate of drug-likeness (QED) is 0.338. The number of carbonyl (C=O) groups excluding carboxylic acids is 1. The number of nitrogens with zero attached hydrogens (tertiary/aromatic N) is 3. The van der Waals surface area contributed by atoms with Crippen molar-refractivity contribution in [3.63, 3.8) is 0 Å². The number of nitrogens with one attached hydrogen (secondary N) is 1. The summed E-state index contributed by atoms with van der Waals surface area (Å²) >= 11 is 0. The van der Waals surface area contributed by atoms with Crippen molar-refractivity contribution < 1.29 is 14.3 Å². The molecule has 8 nitrogen and oxygen atoms in total. The third-order valence-electron chi connectivity index (χ3n) is 6.21. The first-order chi connectivity index (χ1) is 18.0. The Morgan fingerprint density at radius 2 is 1.73 bits per heavy atom. The molecule has 0 saturated heterocycles. The van der Waals surface area contributed by atoms with E-state index >= 15 is 0 Å². The Labute approximate surface area is 216 Å². The predicted octanol–water partition coefficient (Wildman–Crippen LogP) is 4.80. The van der Waals surface area contributed by atoms with Crippen LogP contribution < -0.4 is 15.6 Å². The SMILES string of the molecule is CCOc1ccccc1NC(=O)N(CCc1nc2ccccc2n(C)c1=O)[C@H](COC)c1ccccc1. The van der Waals surface area contributed by atoms with E-state index in [1.807, 2.05) is 79.7 Å². The highest BCUT2D eigenvalue weighted by Gasteiger charge is 2.27. The molecule has 0 fully saturated rings. The average molecular weight is 501 g/mol. The van der Waals surface area contributed by atoms with Crippen molar-refractivity contribution in [3.8, 4) is 5.75 Å². The summed E-state index contributed by atoms with van der Waals surface area (Å²) in [5, 5.41) is 3.00. The number of hydrogen-bond donors (Lipinski definition) is 1. The van der Waals surface area contributed by atoms with E-state index in [-0.39, 0.29) is 37.2 Å². The molecule has 0 bridgehead atoms. The van der Waals surface area contributed by atoms with Gasteiger partial charge in [-0.25, -0.2) is 9.78 Å². The Morgan fingerprint density at radius 3 is 2.49 bits per heavy atom. The monoisotopic (exact) mass is 500 g/mol. The van der Waals surface area contributed by atoms with Gasteiger partial charge in [-0.2, -0.15) is 0 Å². The molecule has 2 amide bonds. The van der Waals surface area contributed by atoms with E-state index in [1.54, 1.807) is 29.7 Å². The lowest BCUT2D eigenvalue weighted by Crippen LogP contribution is -2.42. The summed E-state index contributed by atoms with van der Waals surface area (Å²) < 4.78 is 12.8. The van der Waals surface area contributed by atoms with Gasteiger partial charge in [0, 0.05) is 27.1 Å². The zero-order chi connectivity index (χ0) is 26.2. The lowest BCUT2D eigenvalue weighted by molar-refractivity contribution is 0.109. The van der Waals surface area contributed by atoms with Crippen LogP contribution in [0.25, 0.3) is 11.0 Å². The normalized spacial score (nSPS) is 11.8. The summed E-state index contributed by atoms with van der Waals surface area (Å²) in [6, 6.07) is 23.8. The molecule has 0 unspecified atom stereocenters. The maximum atomic E-state index is 13.7. The molecule has 8 heteroatoms. The first-order valence-corrected chi connectivity index (χ1v) is 12.3. The second kappa shape index (κ2) is 12.2. The van der Waals surface area contributed by atoms with Crippen LogP contribution in [0.2, 0.25) is 0 Å². The van der Waals surface area contributed by atoms with Crippen molar-refractivity contribution in [2.75, 3.05) is 32.2 Å². The molecule has 0 spiro atoms. The Balaban J connectivity index is 1.68. The highest BCUT2D eigenvalue weighted by atomic mass is 16.5. The van der Waals surface area contributed by atoms with E-state index < -0.39 is 0 Å². The third-order valence-corrected chi connectivity index (χ3v) is 6.21. The zero-order valence-electron chi connectivity index (χ0n) is 21.4. The molecule has 1 aromatic heterocycles. The maximum Gasteiger partial charge on any atom is 0.322 e. The number of hydrogen-bond acceptors (Lipinski definition) is 5. The van der Waals surface area contributed by atoms with Crippen molar-refractivity contribution in [2.24, 2.45) is 7.05 Å². The van der Waals surface area contributed by atoms with Gasteiger partial charge >= 0.3 is 6.03 Å². The number of amides is 2. The Bertz CT molecular complexity index is 1400. The fourth-order valence-corrected chi connectivity index (χ4v) is 4.36. The number of urea groups is 1. The number of ether oxygens (including phenoxy) is 2. The van der Waals surface area contributed by atoms with Crippen LogP contribution in [0.5, 0.6) is 5.75 Å². The minimum Gasteiger partial charge on any atom is -0.492 e. The van der Waals surface area contributed by atoms with Gasteiger partial charge in [-0.1, -0.05) is 54.6 Å². The molecule has 0 radical (unpaired) electrons. The standard InChI is InChI=1S/C29H32N4O4/c1-4-37-27-17-11-9-15-23(27)31-29(35)33(26(20-36-3)21-12-6-5-7-13-21)19-18-24-28(34)32(2)25-16-10-8-14-22(25)30-24/h5-17,26H,4,18-20H2,1-3H3,(H,31,35)/t26-/m1/s1. The van der Waals surface area contributed by atoms with Crippen molar-refractivity contribution in [1.29, 1.82) is 0 Å². The van der Waals surface area contributed by atoms with Gasteiger partial charge in [0.05, 0.1) is 36.0 Å². The van der Waals surface area contributed by atoms with Gasteiger partial charge in [-0.15, -0.1) is 0 Å². The summed E-state index contributed by atoms with van der Waals surface area (Å²) in [4.78, 5) is 33.1. The maximum absolute atomic E-state index is 13.7. The molecule has 0 aliphatic rings. The molecule has 0 aliphatic carbocycles. The fourth-order valence-electron chi connectivity index (χ4n) is 4.36. The molecule has 1 N–H and O–H groups in total. The van der Waals surface area contributed by atoms with E-state index in [4.69, 9.17) is 9.47 Å². The molecule has 0 saturated carbocycles. The van der Waals surface area contributed by atoms with Crippen LogP contribution in [0, 0.1) is 0 Å². The van der Waals surface area contributed by atoms with E-state index in [2.05, 4.69) is 10.3 Å². The predicted molar refractivity (Wildman–Crippen MR) is 145 cm³/mol. The molecule has 3 aromatic carbocycles. The van der Waals surface area contributed by atoms with Gasteiger partial charge in [0.2, 0.25) is 0 Å². The average Bonchev–Trinajstić information content (AvgIpc) is 2.92. The first kappa shape index (κ1) is 25.9. The number of methoxy groups -OCH3 is 1. The lowest BCUT2D eigenvalue weighted by atomic mass is 10.1. The van der Waals surface area contributed by atoms with Crippen LogP contribution in [0.4, 0.5) is 10.5 Å². The number of para-hydroxylation sites is 4. The summed E-state index contributed by atoms with van der Waals surface area (Å²) in [6.07, 6.45) is 0.283. The van der Waals surface area contributed by atoms with Crippen LogP contribution in [0.3, 0.4) is 0 Å². The number of carbonyl (C=O) groups is 1. The van der Waals surface area contributed by atoms with Crippen LogP contribution in [-0.2, 0) is 18.2 Å². The van der Waals surface area contributed by atoms with Crippen LogP contribution >= 0.6 is 0 Å². The second-order valence-electron chi connectivity index (χ2n) is 8.60. The van der Waals surface area contributed by atoms with Crippen molar-refractivity contribution >= 4 is 22.8 Å². The molecule has 4 rings (SSSR count). The molecule has 192 valence electrons. The van der Waals surface area contributed by atoms with Gasteiger partial charge < -0.3 is 24.3 Å². The number of aromatic nitrogens is 2. The van der Waals surface area contributed by atoms with Crippen LogP contribution in [0.1, 0.15) is 24.2 Å². The Kier molecular flexibility index (Phi) is 8.53. The molecule has 0 aliphatic heterocycles.